The molecule has 2 heterocycles. The fourth-order valence-electron chi connectivity index (χ4n) is 9.45. The van der Waals surface area contributed by atoms with Crippen molar-refractivity contribution in [2.45, 2.75) is 18.9 Å². The van der Waals surface area contributed by atoms with Gasteiger partial charge in [-0.25, -0.2) is 0 Å². The van der Waals surface area contributed by atoms with E-state index in [2.05, 4.69) is 180 Å². The second-order valence-electron chi connectivity index (χ2n) is 14.8. The van der Waals surface area contributed by atoms with Gasteiger partial charge in [-0.15, -0.1) is 0 Å². The molecular formula is C50H38N2. The van der Waals surface area contributed by atoms with Crippen molar-refractivity contribution < 1.29 is 0 Å². The number of hydrogen-bond donors (Lipinski definition) is 0. The Morgan fingerprint density at radius 1 is 0.462 bits per heavy atom. The fraction of sp³-hybridized carbons (Fsp3) is 0.120. The van der Waals surface area contributed by atoms with E-state index in [-0.39, 0.29) is 0 Å². The van der Waals surface area contributed by atoms with Gasteiger partial charge in [0, 0.05) is 36.1 Å². The molecule has 1 aliphatic carbocycles. The van der Waals surface area contributed by atoms with Gasteiger partial charge >= 0.3 is 0 Å². The molecule has 11 rings (SSSR count). The van der Waals surface area contributed by atoms with Crippen molar-refractivity contribution in [2.24, 2.45) is 5.92 Å². The lowest BCUT2D eigenvalue weighted by Gasteiger charge is -2.29. The molecule has 0 bridgehead atoms. The van der Waals surface area contributed by atoms with Crippen LogP contribution in [0.5, 0.6) is 0 Å². The van der Waals surface area contributed by atoms with Crippen molar-refractivity contribution in [1.82, 2.24) is 0 Å². The quantitative estimate of drug-likeness (QED) is 0.173. The predicted octanol–water partition coefficient (Wildman–Crippen LogP) is 12.6. The summed E-state index contributed by atoms with van der Waals surface area (Å²) in [5, 5.41) is 10.3. The summed E-state index contributed by atoms with van der Waals surface area (Å²) < 4.78 is 0. The van der Waals surface area contributed by atoms with Crippen molar-refractivity contribution in [1.29, 1.82) is 0 Å². The number of allylic oxidation sites excluding steroid dienone is 2. The molecule has 2 unspecified atom stereocenters. The highest BCUT2D eigenvalue weighted by Crippen LogP contribution is 2.48. The van der Waals surface area contributed by atoms with Gasteiger partial charge in [0.15, 0.2) is 0 Å². The zero-order valence-electron chi connectivity index (χ0n) is 29.0. The summed E-state index contributed by atoms with van der Waals surface area (Å²) in [5.74, 6) is 0.569. The molecule has 0 aromatic heterocycles. The summed E-state index contributed by atoms with van der Waals surface area (Å²) in [5.41, 5.74) is 10.4. The number of hydrogen-bond acceptors (Lipinski definition) is 2. The summed E-state index contributed by atoms with van der Waals surface area (Å²) in [6.45, 7) is 2.05. The highest BCUT2D eigenvalue weighted by Gasteiger charge is 2.32. The summed E-state index contributed by atoms with van der Waals surface area (Å²) in [6, 6.07) is 55.4. The molecule has 2 heteroatoms. The van der Waals surface area contributed by atoms with Crippen LogP contribution in [0.1, 0.15) is 12.0 Å². The molecular weight excluding hydrogens is 629 g/mol. The number of nitrogens with zero attached hydrogens (tertiary/aromatic N) is 2. The first kappa shape index (κ1) is 29.6. The first-order valence-corrected chi connectivity index (χ1v) is 18.8. The van der Waals surface area contributed by atoms with Crippen LogP contribution in [0.2, 0.25) is 0 Å². The standard InChI is InChI=1S/C50H38N2/c1-3-13-37-29-39(19-17-33(37)9-1)49-43-23-21-42(52-28-26-36-12-6-8-16-48(36)52)32-46(43)50(40-20-18-34-10-2-4-14-38(34)30-40)44-24-22-41(31-45(44)49)51-27-25-35-11-5-7-15-47(35)51/h1-24,29-32,35,47H,25-28H2. The van der Waals surface area contributed by atoms with Gasteiger partial charge in [0.05, 0.1) is 6.04 Å². The Hall–Kier alpha value is -6.12. The predicted molar refractivity (Wildman–Crippen MR) is 222 cm³/mol. The molecule has 52 heavy (non-hydrogen) atoms. The van der Waals surface area contributed by atoms with E-state index in [1.807, 2.05) is 0 Å². The summed E-state index contributed by atoms with van der Waals surface area (Å²) >= 11 is 0. The lowest BCUT2D eigenvalue weighted by molar-refractivity contribution is 0.644. The molecule has 8 aromatic carbocycles. The van der Waals surface area contributed by atoms with Crippen molar-refractivity contribution >= 4 is 60.2 Å². The Bertz CT molecular complexity index is 2790. The van der Waals surface area contributed by atoms with E-state index in [1.54, 1.807) is 0 Å². The number of fused-ring (bicyclic) bond motifs is 6. The lowest BCUT2D eigenvalue weighted by Crippen LogP contribution is -2.31. The van der Waals surface area contributed by atoms with Gasteiger partial charge < -0.3 is 9.80 Å². The molecule has 0 N–H and O–H groups in total. The topological polar surface area (TPSA) is 6.48 Å². The Balaban J connectivity index is 1.23. The minimum atomic E-state index is 0.401. The lowest BCUT2D eigenvalue weighted by atomic mass is 9.84. The summed E-state index contributed by atoms with van der Waals surface area (Å²) in [4.78, 5) is 5.14. The Labute approximate surface area is 304 Å². The van der Waals surface area contributed by atoms with E-state index in [9.17, 15) is 0 Å². The van der Waals surface area contributed by atoms with Crippen molar-refractivity contribution in [3.05, 3.63) is 175 Å². The van der Waals surface area contributed by atoms with Crippen molar-refractivity contribution in [3.63, 3.8) is 0 Å². The van der Waals surface area contributed by atoms with Crippen LogP contribution in [-0.4, -0.2) is 19.1 Å². The molecule has 1 saturated heterocycles. The minimum Gasteiger partial charge on any atom is -0.364 e. The van der Waals surface area contributed by atoms with Crippen LogP contribution in [0.15, 0.2) is 170 Å². The Morgan fingerprint density at radius 2 is 1.06 bits per heavy atom. The minimum absolute atomic E-state index is 0.401. The third-order valence-corrected chi connectivity index (χ3v) is 12.0. The Morgan fingerprint density at radius 3 is 1.77 bits per heavy atom. The second-order valence-corrected chi connectivity index (χ2v) is 14.8. The number of rotatable bonds is 4. The smallest absolute Gasteiger partial charge is 0.0539 e. The van der Waals surface area contributed by atoms with Crippen LogP contribution in [-0.2, 0) is 6.42 Å². The van der Waals surface area contributed by atoms with E-state index < -0.39 is 0 Å². The highest BCUT2D eigenvalue weighted by atomic mass is 15.2. The first-order valence-electron chi connectivity index (χ1n) is 18.8. The van der Waals surface area contributed by atoms with E-state index in [0.29, 0.717) is 12.0 Å². The SMILES string of the molecule is C1=CC2CCN(c3ccc4c(-c5ccc6ccccc6c5)c5cc(N6CCc7ccccc76)ccc5c(-c5ccc6ccccc6c5)c4c3)C2C=C1. The van der Waals surface area contributed by atoms with Gasteiger partial charge in [0.1, 0.15) is 0 Å². The highest BCUT2D eigenvalue weighted by molar-refractivity contribution is 6.23. The summed E-state index contributed by atoms with van der Waals surface area (Å²) in [6.07, 6.45) is 11.5. The van der Waals surface area contributed by atoms with Gasteiger partial charge in [0.25, 0.3) is 0 Å². The normalized spacial score (nSPS) is 17.8. The van der Waals surface area contributed by atoms with Crippen LogP contribution in [0.25, 0.3) is 65.3 Å². The molecule has 3 aliphatic rings. The molecule has 0 saturated carbocycles. The van der Waals surface area contributed by atoms with Crippen LogP contribution < -0.4 is 9.80 Å². The van der Waals surface area contributed by atoms with Gasteiger partial charge in [-0.2, -0.15) is 0 Å². The maximum atomic E-state index is 2.63. The van der Waals surface area contributed by atoms with E-state index in [0.717, 1.165) is 19.5 Å². The van der Waals surface area contributed by atoms with E-state index in [4.69, 9.17) is 0 Å². The molecule has 2 aliphatic heterocycles. The average molecular weight is 667 g/mol. The average Bonchev–Trinajstić information content (AvgIpc) is 3.84. The van der Waals surface area contributed by atoms with Gasteiger partial charge in [-0.1, -0.05) is 127 Å². The third-order valence-electron chi connectivity index (χ3n) is 12.0. The molecule has 2 nitrogen and oxygen atoms in total. The van der Waals surface area contributed by atoms with Crippen molar-refractivity contribution in [2.75, 3.05) is 22.9 Å². The van der Waals surface area contributed by atoms with Crippen LogP contribution in [0, 0.1) is 5.92 Å². The zero-order chi connectivity index (χ0) is 34.2. The van der Waals surface area contributed by atoms with Crippen LogP contribution >= 0.6 is 0 Å². The maximum Gasteiger partial charge on any atom is 0.0539 e. The summed E-state index contributed by atoms with van der Waals surface area (Å²) in [7, 11) is 0. The third kappa shape index (κ3) is 4.64. The molecule has 0 spiro atoms. The van der Waals surface area contributed by atoms with Gasteiger partial charge in [-0.05, 0) is 126 Å². The molecule has 8 aromatic rings. The zero-order valence-corrected chi connectivity index (χ0v) is 29.0. The van der Waals surface area contributed by atoms with E-state index >= 15 is 0 Å². The van der Waals surface area contributed by atoms with Crippen molar-refractivity contribution in [3.8, 4) is 22.3 Å². The van der Waals surface area contributed by atoms with Crippen LogP contribution in [0.3, 0.4) is 0 Å². The molecule has 248 valence electrons. The second kappa shape index (κ2) is 11.7. The number of anilines is 3. The monoisotopic (exact) mass is 666 g/mol. The molecule has 0 radical (unpaired) electrons. The first-order chi connectivity index (χ1) is 25.8. The van der Waals surface area contributed by atoms with Crippen LogP contribution in [0.4, 0.5) is 17.1 Å². The Kier molecular flexibility index (Phi) is 6.67. The molecule has 1 fully saturated rings. The molecule has 2 atom stereocenters. The number of para-hydroxylation sites is 1. The van der Waals surface area contributed by atoms with Gasteiger partial charge in [0.2, 0.25) is 0 Å². The fourth-order valence-corrected chi connectivity index (χ4v) is 9.45. The number of benzene rings is 8. The maximum absolute atomic E-state index is 2.63. The largest absolute Gasteiger partial charge is 0.364 e. The van der Waals surface area contributed by atoms with E-state index in [1.165, 1.54) is 94.4 Å². The van der Waals surface area contributed by atoms with Gasteiger partial charge in [-0.3, -0.25) is 0 Å². The molecule has 0 amide bonds.